The monoisotopic (exact) mass is 396 g/mol. The molecule has 2 aromatic rings. The van der Waals surface area contributed by atoms with Crippen molar-refractivity contribution in [3.63, 3.8) is 0 Å². The quantitative estimate of drug-likeness (QED) is 0.579. The predicted octanol–water partition coefficient (Wildman–Crippen LogP) is 3.90. The van der Waals surface area contributed by atoms with Gasteiger partial charge in [0.2, 0.25) is 0 Å². The first kappa shape index (κ1) is 15.0. The average Bonchev–Trinajstić information content (AvgIpc) is 2.68. The molecular weight excluding hydrogens is 382 g/mol. The van der Waals surface area contributed by atoms with Crippen molar-refractivity contribution in [1.29, 1.82) is 0 Å². The van der Waals surface area contributed by atoms with Crippen molar-refractivity contribution in [1.82, 2.24) is 9.55 Å². The summed E-state index contributed by atoms with van der Waals surface area (Å²) in [6.45, 7) is 4.53. The molecule has 0 radical (unpaired) electrons. The molecule has 104 valence electrons. The first-order valence-corrected chi connectivity index (χ1v) is 7.44. The molecule has 0 unspecified atom stereocenters. The number of methoxy groups -OCH3 is 1. The minimum atomic E-state index is -0.340. The molecule has 2 rings (SSSR count). The van der Waals surface area contributed by atoms with Gasteiger partial charge < -0.3 is 9.30 Å². The zero-order valence-corrected chi connectivity index (χ0v) is 13.9. The molecule has 0 fully saturated rings. The fourth-order valence-electron chi connectivity index (χ4n) is 2.31. The summed E-state index contributed by atoms with van der Waals surface area (Å²) in [4.78, 5) is 4.49. The van der Waals surface area contributed by atoms with Gasteiger partial charge in [-0.05, 0) is 42.5 Å². The number of imidazole rings is 1. The third-order valence-electron chi connectivity index (χ3n) is 2.99. The summed E-state index contributed by atoms with van der Waals surface area (Å²) in [5.41, 5.74) is 1.16. The molecule has 0 bridgehead atoms. The SMILES string of the molecule is COCC(C)(C)n1c(CCl)nc2cc(I)c(F)cc21. The lowest BCUT2D eigenvalue weighted by Crippen LogP contribution is -2.32. The van der Waals surface area contributed by atoms with Gasteiger partial charge >= 0.3 is 0 Å². The Morgan fingerprint density at radius 2 is 2.16 bits per heavy atom. The maximum absolute atomic E-state index is 13.8. The number of benzene rings is 1. The molecular formula is C13H15ClFIN2O. The highest BCUT2D eigenvalue weighted by molar-refractivity contribution is 14.1. The Bertz CT molecular complexity index is 612. The van der Waals surface area contributed by atoms with Crippen molar-refractivity contribution < 1.29 is 9.13 Å². The summed E-state index contributed by atoms with van der Waals surface area (Å²) in [6, 6.07) is 3.25. The van der Waals surface area contributed by atoms with Gasteiger partial charge in [0.05, 0.1) is 32.6 Å². The average molecular weight is 397 g/mol. The predicted molar refractivity (Wildman–Crippen MR) is 83.2 cm³/mol. The second-order valence-corrected chi connectivity index (χ2v) is 6.43. The molecule has 0 atom stereocenters. The van der Waals surface area contributed by atoms with Crippen molar-refractivity contribution in [2.24, 2.45) is 0 Å². The number of nitrogens with zero attached hydrogens (tertiary/aromatic N) is 2. The van der Waals surface area contributed by atoms with E-state index in [0.29, 0.717) is 10.2 Å². The van der Waals surface area contributed by atoms with Gasteiger partial charge in [-0.25, -0.2) is 9.37 Å². The van der Waals surface area contributed by atoms with Gasteiger partial charge in [-0.2, -0.15) is 0 Å². The van der Waals surface area contributed by atoms with Crippen LogP contribution in [-0.2, 0) is 16.2 Å². The van der Waals surface area contributed by atoms with Crippen molar-refractivity contribution in [2.75, 3.05) is 13.7 Å². The number of fused-ring (bicyclic) bond motifs is 1. The van der Waals surface area contributed by atoms with Crippen LogP contribution in [-0.4, -0.2) is 23.3 Å². The highest BCUT2D eigenvalue weighted by Crippen LogP contribution is 2.29. The van der Waals surface area contributed by atoms with Gasteiger partial charge in [-0.3, -0.25) is 0 Å². The van der Waals surface area contributed by atoms with Crippen LogP contribution < -0.4 is 0 Å². The van der Waals surface area contributed by atoms with Crippen LogP contribution in [0.4, 0.5) is 4.39 Å². The number of ether oxygens (including phenoxy) is 1. The molecule has 0 saturated carbocycles. The van der Waals surface area contributed by atoms with E-state index in [4.69, 9.17) is 16.3 Å². The fourth-order valence-corrected chi connectivity index (χ4v) is 2.94. The smallest absolute Gasteiger partial charge is 0.138 e. The Morgan fingerprint density at radius 3 is 2.74 bits per heavy atom. The summed E-state index contributed by atoms with van der Waals surface area (Å²) in [5, 5.41) is 0. The molecule has 1 heterocycles. The lowest BCUT2D eigenvalue weighted by molar-refractivity contribution is 0.110. The van der Waals surface area contributed by atoms with Gasteiger partial charge in [0.1, 0.15) is 11.6 Å². The summed E-state index contributed by atoms with van der Waals surface area (Å²) in [7, 11) is 1.64. The van der Waals surface area contributed by atoms with E-state index in [0.717, 1.165) is 16.9 Å². The number of halogens is 3. The van der Waals surface area contributed by atoms with E-state index in [2.05, 4.69) is 4.98 Å². The molecule has 1 aromatic carbocycles. The highest BCUT2D eigenvalue weighted by Gasteiger charge is 2.26. The zero-order valence-electron chi connectivity index (χ0n) is 11.0. The van der Waals surface area contributed by atoms with Crippen LogP contribution in [0.3, 0.4) is 0 Å². The Labute approximate surface area is 130 Å². The maximum Gasteiger partial charge on any atom is 0.138 e. The molecule has 0 N–H and O–H groups in total. The van der Waals surface area contributed by atoms with Crippen LogP contribution in [0.1, 0.15) is 19.7 Å². The largest absolute Gasteiger partial charge is 0.382 e. The van der Waals surface area contributed by atoms with E-state index in [1.807, 2.05) is 41.0 Å². The van der Waals surface area contributed by atoms with E-state index in [1.165, 1.54) is 6.07 Å². The summed E-state index contributed by atoms with van der Waals surface area (Å²) >= 11 is 7.93. The van der Waals surface area contributed by atoms with E-state index < -0.39 is 0 Å². The zero-order chi connectivity index (χ0) is 14.2. The third kappa shape index (κ3) is 2.73. The van der Waals surface area contributed by atoms with E-state index in [-0.39, 0.29) is 17.2 Å². The van der Waals surface area contributed by atoms with Crippen LogP contribution in [0.5, 0.6) is 0 Å². The molecule has 6 heteroatoms. The first-order valence-electron chi connectivity index (χ1n) is 5.82. The molecule has 0 aliphatic rings. The van der Waals surface area contributed by atoms with E-state index >= 15 is 0 Å². The second-order valence-electron chi connectivity index (χ2n) is 5.00. The Kier molecular flexibility index (Phi) is 4.37. The lowest BCUT2D eigenvalue weighted by atomic mass is 10.1. The number of hydrogen-bond donors (Lipinski definition) is 0. The van der Waals surface area contributed by atoms with Gasteiger partial charge in [-0.1, -0.05) is 0 Å². The minimum absolute atomic E-state index is 0.247. The molecule has 0 aliphatic heterocycles. The summed E-state index contributed by atoms with van der Waals surface area (Å²) < 4.78 is 21.6. The van der Waals surface area contributed by atoms with Gasteiger partial charge in [-0.15, -0.1) is 11.6 Å². The number of aromatic nitrogens is 2. The normalized spacial score (nSPS) is 12.3. The topological polar surface area (TPSA) is 27.1 Å². The molecule has 19 heavy (non-hydrogen) atoms. The number of alkyl halides is 1. The minimum Gasteiger partial charge on any atom is -0.382 e. The first-order chi connectivity index (χ1) is 8.90. The maximum atomic E-state index is 13.8. The van der Waals surface area contributed by atoms with Gasteiger partial charge in [0.15, 0.2) is 0 Å². The highest BCUT2D eigenvalue weighted by atomic mass is 127. The summed E-state index contributed by atoms with van der Waals surface area (Å²) in [5.74, 6) is 0.753. The van der Waals surface area contributed by atoms with E-state index in [9.17, 15) is 4.39 Å². The van der Waals surface area contributed by atoms with Crippen LogP contribution in [0, 0.1) is 9.39 Å². The van der Waals surface area contributed by atoms with Gasteiger partial charge in [0.25, 0.3) is 0 Å². The van der Waals surface area contributed by atoms with E-state index in [1.54, 1.807) is 13.2 Å². The molecule has 1 aromatic heterocycles. The Balaban J connectivity index is 2.73. The van der Waals surface area contributed by atoms with Crippen LogP contribution >= 0.6 is 34.2 Å². The molecule has 0 amide bonds. The fraction of sp³-hybridized carbons (Fsp3) is 0.462. The Morgan fingerprint density at radius 1 is 1.47 bits per heavy atom. The van der Waals surface area contributed by atoms with Crippen molar-refractivity contribution >= 4 is 45.2 Å². The van der Waals surface area contributed by atoms with Crippen LogP contribution in [0.15, 0.2) is 12.1 Å². The number of rotatable bonds is 4. The standard InChI is InChI=1S/C13H15ClFIN2O/c1-13(2,7-19-3)18-11-4-8(15)9(16)5-10(11)17-12(18)6-14/h4-5H,6-7H2,1-3H3. The second kappa shape index (κ2) is 5.54. The molecule has 3 nitrogen and oxygen atoms in total. The van der Waals surface area contributed by atoms with Crippen molar-refractivity contribution in [2.45, 2.75) is 25.3 Å². The van der Waals surface area contributed by atoms with Crippen LogP contribution in [0.25, 0.3) is 11.0 Å². The lowest BCUT2D eigenvalue weighted by Gasteiger charge is -2.28. The number of hydrogen-bond acceptors (Lipinski definition) is 2. The third-order valence-corrected chi connectivity index (χ3v) is 4.05. The van der Waals surface area contributed by atoms with Crippen molar-refractivity contribution in [3.8, 4) is 0 Å². The summed E-state index contributed by atoms with van der Waals surface area (Å²) in [6.07, 6.45) is 0. The van der Waals surface area contributed by atoms with Crippen LogP contribution in [0.2, 0.25) is 0 Å². The van der Waals surface area contributed by atoms with Gasteiger partial charge in [0, 0.05) is 13.2 Å². The van der Waals surface area contributed by atoms with Crippen molar-refractivity contribution in [3.05, 3.63) is 27.3 Å². The molecule has 0 aliphatic carbocycles. The molecule has 0 saturated heterocycles. The Hall–Kier alpha value is -0.400. The molecule has 0 spiro atoms.